The number of Topliss-reactive ketones (excluding diaryl/α,β-unsaturated/α-hetero) is 2. The molecule has 136 valence electrons. The monoisotopic (exact) mass is 378 g/mol. The lowest BCUT2D eigenvalue weighted by atomic mass is 9.84. The Morgan fingerprint density at radius 2 is 1.96 bits per heavy atom. The maximum Gasteiger partial charge on any atom is 0.173 e. The predicted octanol–water partition coefficient (Wildman–Crippen LogP) is 4.18. The van der Waals surface area contributed by atoms with Gasteiger partial charge in [0, 0.05) is 16.8 Å². The largest absolute Gasteiger partial charge is 0.468 e. The molecule has 6 heteroatoms. The van der Waals surface area contributed by atoms with Gasteiger partial charge in [-0.3, -0.25) is 9.59 Å². The Morgan fingerprint density at radius 1 is 1.22 bits per heavy atom. The Kier molecular flexibility index (Phi) is 5.63. The number of thioether (sulfide) groups is 1. The van der Waals surface area contributed by atoms with Gasteiger partial charge < -0.3 is 9.73 Å². The molecular formula is C21H18N2O3S. The first-order valence-electron chi connectivity index (χ1n) is 8.40. The first-order valence-corrected chi connectivity index (χ1v) is 9.39. The Hall–Kier alpha value is -3.04. The van der Waals surface area contributed by atoms with Gasteiger partial charge in [-0.05, 0) is 26.0 Å². The fourth-order valence-electron chi connectivity index (χ4n) is 3.08. The van der Waals surface area contributed by atoms with Gasteiger partial charge in [-0.1, -0.05) is 42.1 Å². The number of dihydropyridines is 1. The molecule has 0 amide bonds. The molecule has 5 nitrogen and oxygen atoms in total. The second kappa shape index (κ2) is 8.11. The number of ketones is 2. The lowest BCUT2D eigenvalue weighted by Crippen LogP contribution is -2.27. The van der Waals surface area contributed by atoms with E-state index in [-0.39, 0.29) is 17.3 Å². The van der Waals surface area contributed by atoms with Gasteiger partial charge in [-0.15, -0.1) is 0 Å². The van der Waals surface area contributed by atoms with Crippen LogP contribution in [0.5, 0.6) is 0 Å². The Morgan fingerprint density at radius 3 is 2.56 bits per heavy atom. The molecule has 0 bridgehead atoms. The van der Waals surface area contributed by atoms with Gasteiger partial charge in [0.1, 0.15) is 5.76 Å². The van der Waals surface area contributed by atoms with Crippen molar-refractivity contribution in [1.29, 1.82) is 5.26 Å². The molecule has 0 aliphatic carbocycles. The van der Waals surface area contributed by atoms with Crippen molar-refractivity contribution in [3.63, 3.8) is 0 Å². The van der Waals surface area contributed by atoms with E-state index in [2.05, 4.69) is 11.4 Å². The highest BCUT2D eigenvalue weighted by Gasteiger charge is 2.34. The number of hydrogen-bond donors (Lipinski definition) is 1. The zero-order valence-electron chi connectivity index (χ0n) is 15.0. The number of nitrogens with zero attached hydrogens (tertiary/aromatic N) is 1. The molecule has 2 aromatic rings. The molecule has 0 spiro atoms. The number of benzene rings is 1. The summed E-state index contributed by atoms with van der Waals surface area (Å²) in [5, 5.41) is 13.5. The summed E-state index contributed by atoms with van der Waals surface area (Å²) in [5.74, 6) is -0.00656. The molecule has 1 aliphatic rings. The summed E-state index contributed by atoms with van der Waals surface area (Å²) >= 11 is 1.26. The maximum absolute atomic E-state index is 12.4. The molecule has 1 aliphatic heterocycles. The summed E-state index contributed by atoms with van der Waals surface area (Å²) in [6.45, 7) is 3.27. The van der Waals surface area contributed by atoms with E-state index >= 15 is 0 Å². The molecule has 1 aromatic carbocycles. The van der Waals surface area contributed by atoms with E-state index in [4.69, 9.17) is 4.42 Å². The fourth-order valence-corrected chi connectivity index (χ4v) is 4.06. The van der Waals surface area contributed by atoms with Crippen molar-refractivity contribution >= 4 is 23.3 Å². The highest BCUT2D eigenvalue weighted by atomic mass is 32.2. The van der Waals surface area contributed by atoms with Gasteiger partial charge in [0.2, 0.25) is 0 Å². The Bertz CT molecular complexity index is 967. The molecule has 2 heterocycles. The summed E-state index contributed by atoms with van der Waals surface area (Å²) in [4.78, 5) is 24.6. The van der Waals surface area contributed by atoms with Crippen LogP contribution in [0.3, 0.4) is 0 Å². The molecule has 1 aromatic heterocycles. The van der Waals surface area contributed by atoms with Crippen LogP contribution in [0.25, 0.3) is 0 Å². The van der Waals surface area contributed by atoms with Crippen molar-refractivity contribution in [2.24, 2.45) is 0 Å². The van der Waals surface area contributed by atoms with Gasteiger partial charge in [0.05, 0.1) is 34.6 Å². The molecule has 27 heavy (non-hydrogen) atoms. The summed E-state index contributed by atoms with van der Waals surface area (Å²) < 4.78 is 5.50. The third-order valence-corrected chi connectivity index (χ3v) is 5.32. The van der Waals surface area contributed by atoms with Crippen LogP contribution in [-0.2, 0) is 4.79 Å². The average molecular weight is 378 g/mol. The molecule has 0 unspecified atom stereocenters. The average Bonchev–Trinajstić information content (AvgIpc) is 3.20. The first-order chi connectivity index (χ1) is 13.0. The number of nitrogens with one attached hydrogen (secondary N) is 1. The summed E-state index contributed by atoms with van der Waals surface area (Å²) in [7, 11) is 0. The second-order valence-corrected chi connectivity index (χ2v) is 7.09. The number of nitriles is 1. The number of carbonyl (C=O) groups is 2. The van der Waals surface area contributed by atoms with Gasteiger partial charge in [-0.25, -0.2) is 0 Å². The smallest absolute Gasteiger partial charge is 0.173 e. The van der Waals surface area contributed by atoms with Crippen LogP contribution in [-0.4, -0.2) is 17.3 Å². The zero-order chi connectivity index (χ0) is 19.4. The van der Waals surface area contributed by atoms with Gasteiger partial charge in [0.25, 0.3) is 0 Å². The van der Waals surface area contributed by atoms with Crippen LogP contribution in [0.2, 0.25) is 0 Å². The molecular weight excluding hydrogens is 360 g/mol. The fraction of sp³-hybridized carbons (Fsp3) is 0.190. The summed E-state index contributed by atoms with van der Waals surface area (Å²) in [6, 6.07) is 14.7. The highest BCUT2D eigenvalue weighted by Crippen LogP contribution is 2.40. The van der Waals surface area contributed by atoms with E-state index in [0.29, 0.717) is 33.2 Å². The van der Waals surface area contributed by atoms with Crippen molar-refractivity contribution in [2.75, 3.05) is 5.75 Å². The van der Waals surface area contributed by atoms with Gasteiger partial charge in [0.15, 0.2) is 11.6 Å². The topological polar surface area (TPSA) is 83.1 Å². The van der Waals surface area contributed by atoms with Crippen LogP contribution < -0.4 is 5.32 Å². The van der Waals surface area contributed by atoms with Crippen molar-refractivity contribution in [2.45, 2.75) is 19.8 Å². The maximum atomic E-state index is 12.4. The number of allylic oxidation sites excluding steroid dienone is 3. The van der Waals surface area contributed by atoms with Crippen molar-refractivity contribution in [1.82, 2.24) is 5.32 Å². The van der Waals surface area contributed by atoms with E-state index < -0.39 is 5.92 Å². The van der Waals surface area contributed by atoms with E-state index in [9.17, 15) is 14.9 Å². The van der Waals surface area contributed by atoms with Crippen LogP contribution >= 0.6 is 11.8 Å². The summed E-state index contributed by atoms with van der Waals surface area (Å²) in [6.07, 6.45) is 1.52. The number of hydrogen-bond acceptors (Lipinski definition) is 6. The van der Waals surface area contributed by atoms with Gasteiger partial charge >= 0.3 is 0 Å². The SMILES string of the molecule is CC(=O)C1=C(C)NC(SCC(=O)c2ccccc2)=C(C#N)[C@H]1c1ccco1. The molecule has 1 atom stereocenters. The Labute approximate surface area is 161 Å². The molecule has 0 radical (unpaired) electrons. The van der Waals surface area contributed by atoms with Crippen molar-refractivity contribution in [3.05, 3.63) is 81.9 Å². The van der Waals surface area contributed by atoms with E-state index in [1.165, 1.54) is 24.9 Å². The third-order valence-electron chi connectivity index (χ3n) is 4.30. The molecule has 1 N–H and O–H groups in total. The minimum Gasteiger partial charge on any atom is -0.468 e. The zero-order valence-corrected chi connectivity index (χ0v) is 15.8. The third kappa shape index (κ3) is 3.88. The van der Waals surface area contributed by atoms with Crippen LogP contribution in [0.4, 0.5) is 0 Å². The minimum atomic E-state index is -0.571. The molecule has 0 saturated heterocycles. The predicted molar refractivity (Wildman–Crippen MR) is 104 cm³/mol. The number of carbonyl (C=O) groups excluding carboxylic acids is 2. The number of furan rings is 1. The van der Waals surface area contributed by atoms with E-state index in [1.807, 2.05) is 18.2 Å². The lowest BCUT2D eigenvalue weighted by molar-refractivity contribution is -0.113. The van der Waals surface area contributed by atoms with E-state index in [0.717, 1.165) is 0 Å². The van der Waals surface area contributed by atoms with Crippen LogP contribution in [0, 0.1) is 11.3 Å². The van der Waals surface area contributed by atoms with Crippen LogP contribution in [0.1, 0.15) is 35.9 Å². The lowest BCUT2D eigenvalue weighted by Gasteiger charge is -2.27. The number of rotatable bonds is 6. The van der Waals surface area contributed by atoms with Gasteiger partial charge in [-0.2, -0.15) is 5.26 Å². The van der Waals surface area contributed by atoms with Crippen molar-refractivity contribution in [3.8, 4) is 6.07 Å². The first kappa shape index (κ1) is 18.7. The minimum absolute atomic E-state index is 0.0271. The van der Waals surface area contributed by atoms with Crippen LogP contribution in [0.15, 0.2) is 75.0 Å². The molecule has 0 saturated carbocycles. The normalized spacial score (nSPS) is 16.7. The quantitative estimate of drug-likeness (QED) is 0.759. The standard InChI is InChI=1S/C21H18N2O3S/c1-13-19(14(2)24)20(18-9-6-10-26-18)16(11-22)21(23-13)27-12-17(25)15-7-4-3-5-8-15/h3-10,20,23H,12H2,1-2H3/t20-/m0/s1. The molecule has 0 fully saturated rings. The Balaban J connectivity index is 1.92. The highest BCUT2D eigenvalue weighted by molar-refractivity contribution is 8.03. The molecule has 3 rings (SSSR count). The second-order valence-electron chi connectivity index (χ2n) is 6.10. The van der Waals surface area contributed by atoms with Crippen molar-refractivity contribution < 1.29 is 14.0 Å². The summed E-state index contributed by atoms with van der Waals surface area (Å²) in [5.41, 5.74) is 2.17. The van der Waals surface area contributed by atoms with E-state index in [1.54, 1.807) is 31.2 Å².